The first-order valence-electron chi connectivity index (χ1n) is 9.06. The maximum atomic E-state index is 12.8. The van der Waals surface area contributed by atoms with Crippen LogP contribution < -0.4 is 5.32 Å². The Kier molecular flexibility index (Phi) is 5.81. The van der Waals surface area contributed by atoms with E-state index in [0.29, 0.717) is 18.2 Å². The summed E-state index contributed by atoms with van der Waals surface area (Å²) in [5, 5.41) is 3.28. The Morgan fingerprint density at radius 2 is 1.85 bits per heavy atom. The van der Waals surface area contributed by atoms with Crippen molar-refractivity contribution in [2.75, 3.05) is 12.4 Å². The lowest BCUT2D eigenvalue weighted by Gasteiger charge is -2.17. The molecule has 1 aromatic heterocycles. The van der Waals surface area contributed by atoms with Crippen molar-refractivity contribution < 1.29 is 4.79 Å². The predicted octanol–water partition coefficient (Wildman–Crippen LogP) is 4.36. The molecule has 1 N–H and O–H groups in total. The highest BCUT2D eigenvalue weighted by atomic mass is 16.2. The van der Waals surface area contributed by atoms with E-state index < -0.39 is 0 Å². The summed E-state index contributed by atoms with van der Waals surface area (Å²) in [7, 11) is 1.78. The largest absolute Gasteiger partial charge is 0.336 e. The number of anilines is 2. The van der Waals surface area contributed by atoms with E-state index in [4.69, 9.17) is 0 Å². The number of carbonyl (C=O) groups excluding carboxylic acids is 1. The number of aromatic nitrogens is 2. The van der Waals surface area contributed by atoms with E-state index in [1.165, 1.54) is 5.56 Å². The number of hydrogen-bond acceptors (Lipinski definition) is 4. The fraction of sp³-hybridized carbons (Fsp3) is 0.227. The van der Waals surface area contributed by atoms with Crippen LogP contribution in [0.4, 0.5) is 11.6 Å². The minimum Gasteiger partial charge on any atom is -0.336 e. The van der Waals surface area contributed by atoms with Crippen LogP contribution in [0.15, 0.2) is 60.8 Å². The Hall–Kier alpha value is -3.21. The van der Waals surface area contributed by atoms with Crippen molar-refractivity contribution in [3.8, 4) is 0 Å². The molecule has 0 bridgehead atoms. The predicted molar refractivity (Wildman–Crippen MR) is 108 cm³/mol. The number of aryl methyl sites for hydroxylation is 2. The van der Waals surface area contributed by atoms with Crippen molar-refractivity contribution in [3.05, 3.63) is 83.2 Å². The lowest BCUT2D eigenvalue weighted by atomic mass is 10.1. The van der Waals surface area contributed by atoms with E-state index in [-0.39, 0.29) is 5.91 Å². The van der Waals surface area contributed by atoms with Gasteiger partial charge in [-0.05, 0) is 36.1 Å². The van der Waals surface area contributed by atoms with Crippen molar-refractivity contribution in [3.63, 3.8) is 0 Å². The number of nitrogens with one attached hydrogen (secondary N) is 1. The molecule has 0 unspecified atom stereocenters. The van der Waals surface area contributed by atoms with E-state index in [2.05, 4.69) is 28.3 Å². The molecule has 0 aliphatic carbocycles. The zero-order chi connectivity index (χ0) is 19.2. The lowest BCUT2D eigenvalue weighted by molar-refractivity contribution is 0.0779. The minimum atomic E-state index is -0.134. The van der Waals surface area contributed by atoms with Gasteiger partial charge in [-0.1, -0.05) is 55.5 Å². The van der Waals surface area contributed by atoms with Gasteiger partial charge < -0.3 is 10.2 Å². The van der Waals surface area contributed by atoms with Crippen LogP contribution in [0.5, 0.6) is 0 Å². The fourth-order valence-corrected chi connectivity index (χ4v) is 2.98. The third kappa shape index (κ3) is 4.50. The van der Waals surface area contributed by atoms with Crippen LogP contribution in [0.1, 0.15) is 34.1 Å². The number of para-hydroxylation sites is 1. The maximum absolute atomic E-state index is 12.8. The van der Waals surface area contributed by atoms with Gasteiger partial charge in [0.25, 0.3) is 5.91 Å². The molecule has 5 heteroatoms. The van der Waals surface area contributed by atoms with Gasteiger partial charge in [-0.25, -0.2) is 9.97 Å². The number of hydrogen-bond donors (Lipinski definition) is 1. The SMILES string of the molecule is CCc1cccc(C)c1Nc1nccc(C(=O)N(C)Cc2ccccc2)n1. The fourth-order valence-electron chi connectivity index (χ4n) is 2.98. The van der Waals surface area contributed by atoms with Gasteiger partial charge in [0.1, 0.15) is 5.69 Å². The van der Waals surface area contributed by atoms with Crippen LogP contribution in [0, 0.1) is 6.92 Å². The third-order valence-corrected chi connectivity index (χ3v) is 4.46. The van der Waals surface area contributed by atoms with Gasteiger partial charge in [-0.15, -0.1) is 0 Å². The van der Waals surface area contributed by atoms with Gasteiger partial charge in [-0.3, -0.25) is 4.79 Å². The molecule has 138 valence electrons. The monoisotopic (exact) mass is 360 g/mol. The molecule has 1 amide bonds. The van der Waals surface area contributed by atoms with Crippen molar-refractivity contribution >= 4 is 17.5 Å². The van der Waals surface area contributed by atoms with Crippen LogP contribution in [0.25, 0.3) is 0 Å². The standard InChI is InChI=1S/C22H24N4O/c1-4-18-12-8-9-16(2)20(18)25-22-23-14-13-19(24-22)21(27)26(3)15-17-10-6-5-7-11-17/h5-14H,4,15H2,1-3H3,(H,23,24,25). The molecule has 3 aromatic rings. The molecule has 0 fully saturated rings. The first-order chi connectivity index (χ1) is 13.1. The van der Waals surface area contributed by atoms with Crippen LogP contribution in [-0.2, 0) is 13.0 Å². The topological polar surface area (TPSA) is 58.1 Å². The first kappa shape index (κ1) is 18.6. The number of carbonyl (C=O) groups is 1. The molecule has 5 nitrogen and oxygen atoms in total. The normalized spacial score (nSPS) is 10.5. The van der Waals surface area contributed by atoms with Gasteiger partial charge in [-0.2, -0.15) is 0 Å². The zero-order valence-corrected chi connectivity index (χ0v) is 15.9. The van der Waals surface area contributed by atoms with Crippen LogP contribution in [-0.4, -0.2) is 27.8 Å². The summed E-state index contributed by atoms with van der Waals surface area (Å²) in [6, 6.07) is 17.7. The van der Waals surface area contributed by atoms with Crippen LogP contribution >= 0.6 is 0 Å². The minimum absolute atomic E-state index is 0.134. The molecule has 0 saturated carbocycles. The van der Waals surface area contributed by atoms with Crippen molar-refractivity contribution in [2.45, 2.75) is 26.8 Å². The first-order valence-corrected chi connectivity index (χ1v) is 9.06. The molecule has 0 aliphatic rings. The average Bonchev–Trinajstić information content (AvgIpc) is 2.70. The van der Waals surface area contributed by atoms with E-state index >= 15 is 0 Å². The van der Waals surface area contributed by atoms with Crippen molar-refractivity contribution in [1.29, 1.82) is 0 Å². The second-order valence-electron chi connectivity index (χ2n) is 6.50. The highest BCUT2D eigenvalue weighted by Crippen LogP contribution is 2.23. The number of benzene rings is 2. The summed E-state index contributed by atoms with van der Waals surface area (Å²) >= 11 is 0. The van der Waals surface area contributed by atoms with E-state index in [1.54, 1.807) is 24.2 Å². The summed E-state index contributed by atoms with van der Waals surface area (Å²) in [6.07, 6.45) is 2.52. The molecule has 0 radical (unpaired) electrons. The average molecular weight is 360 g/mol. The molecule has 0 spiro atoms. The Bertz CT molecular complexity index is 925. The van der Waals surface area contributed by atoms with Crippen LogP contribution in [0.2, 0.25) is 0 Å². The molecule has 0 aliphatic heterocycles. The van der Waals surface area contributed by atoms with Gasteiger partial charge in [0.2, 0.25) is 5.95 Å². The van der Waals surface area contributed by atoms with E-state index in [0.717, 1.165) is 23.2 Å². The van der Waals surface area contributed by atoms with Gasteiger partial charge in [0, 0.05) is 25.5 Å². The lowest BCUT2D eigenvalue weighted by Crippen LogP contribution is -2.27. The molecule has 0 saturated heterocycles. The molecular weight excluding hydrogens is 336 g/mol. The Balaban J connectivity index is 1.78. The highest BCUT2D eigenvalue weighted by Gasteiger charge is 2.15. The summed E-state index contributed by atoms with van der Waals surface area (Å²) in [5.74, 6) is 0.294. The van der Waals surface area contributed by atoms with E-state index in [9.17, 15) is 4.79 Å². The Morgan fingerprint density at radius 3 is 2.59 bits per heavy atom. The van der Waals surface area contributed by atoms with Crippen molar-refractivity contribution in [2.24, 2.45) is 0 Å². The summed E-state index contributed by atoms with van der Waals surface area (Å²) in [4.78, 5) is 23.1. The number of amides is 1. The molecule has 1 heterocycles. The third-order valence-electron chi connectivity index (χ3n) is 4.46. The molecule has 0 atom stereocenters. The second-order valence-corrected chi connectivity index (χ2v) is 6.50. The Morgan fingerprint density at radius 1 is 1.07 bits per heavy atom. The smallest absolute Gasteiger partial charge is 0.272 e. The number of rotatable bonds is 6. The zero-order valence-electron chi connectivity index (χ0n) is 15.9. The number of nitrogens with zero attached hydrogens (tertiary/aromatic N) is 3. The van der Waals surface area contributed by atoms with Gasteiger partial charge in [0.15, 0.2) is 0 Å². The van der Waals surface area contributed by atoms with Crippen molar-refractivity contribution in [1.82, 2.24) is 14.9 Å². The highest BCUT2D eigenvalue weighted by molar-refractivity contribution is 5.92. The quantitative estimate of drug-likeness (QED) is 0.709. The second kappa shape index (κ2) is 8.45. The van der Waals surface area contributed by atoms with Gasteiger partial charge >= 0.3 is 0 Å². The van der Waals surface area contributed by atoms with Crippen LogP contribution in [0.3, 0.4) is 0 Å². The van der Waals surface area contributed by atoms with Gasteiger partial charge in [0.05, 0.1) is 0 Å². The summed E-state index contributed by atoms with van der Waals surface area (Å²) in [6.45, 7) is 4.69. The molecule has 3 rings (SSSR count). The molecular formula is C22H24N4O. The summed E-state index contributed by atoms with van der Waals surface area (Å²) in [5.41, 5.74) is 4.76. The summed E-state index contributed by atoms with van der Waals surface area (Å²) < 4.78 is 0. The molecule has 27 heavy (non-hydrogen) atoms. The maximum Gasteiger partial charge on any atom is 0.272 e. The van der Waals surface area contributed by atoms with E-state index in [1.807, 2.05) is 49.4 Å². The Labute approximate surface area is 160 Å². The molecule has 2 aromatic carbocycles.